The number of quaternary nitrogens is 1. The lowest BCUT2D eigenvalue weighted by atomic mass is 10.1. The van der Waals surface area contributed by atoms with Gasteiger partial charge in [0.15, 0.2) is 6.10 Å². The fourth-order valence-electron chi connectivity index (χ4n) is 7.39. The van der Waals surface area contributed by atoms with Gasteiger partial charge < -0.3 is 28.5 Å². The number of carboxylic acids is 1. The summed E-state index contributed by atoms with van der Waals surface area (Å²) in [5, 5.41) is 9.70. The lowest BCUT2D eigenvalue weighted by Crippen LogP contribution is -2.40. The van der Waals surface area contributed by atoms with Crippen molar-refractivity contribution in [1.29, 1.82) is 0 Å². The van der Waals surface area contributed by atoms with Gasteiger partial charge in [-0.25, -0.2) is 4.79 Å². The van der Waals surface area contributed by atoms with Crippen LogP contribution in [0.15, 0.2) is 134 Å². The van der Waals surface area contributed by atoms with Gasteiger partial charge in [0.1, 0.15) is 13.2 Å². The zero-order valence-corrected chi connectivity index (χ0v) is 48.2. The highest BCUT2D eigenvalue weighted by atomic mass is 16.7. The Morgan fingerprint density at radius 3 is 1.13 bits per heavy atom. The van der Waals surface area contributed by atoms with Crippen molar-refractivity contribution in [1.82, 2.24) is 0 Å². The molecule has 0 aliphatic heterocycles. The Morgan fingerprint density at radius 1 is 0.413 bits per heavy atom. The van der Waals surface area contributed by atoms with Crippen LogP contribution in [0.1, 0.15) is 206 Å². The van der Waals surface area contributed by atoms with Crippen molar-refractivity contribution in [3.05, 3.63) is 134 Å². The van der Waals surface area contributed by atoms with Crippen LogP contribution in [0, 0.1) is 0 Å². The van der Waals surface area contributed by atoms with E-state index in [2.05, 4.69) is 148 Å². The molecule has 0 aromatic heterocycles. The fraction of sp³-hybridized carbons (Fsp3) is 0.621. The van der Waals surface area contributed by atoms with Crippen LogP contribution in [-0.2, 0) is 33.3 Å². The smallest absolute Gasteiger partial charge is 0.361 e. The highest BCUT2D eigenvalue weighted by molar-refractivity contribution is 5.71. The second-order valence-corrected chi connectivity index (χ2v) is 20.2. The van der Waals surface area contributed by atoms with Crippen molar-refractivity contribution in [2.24, 2.45) is 0 Å². The van der Waals surface area contributed by atoms with E-state index in [1.165, 1.54) is 44.9 Å². The monoisotopic (exact) mass is 1040 g/mol. The number of hydrogen-bond donors (Lipinski definition) is 1. The summed E-state index contributed by atoms with van der Waals surface area (Å²) in [7, 11) is 5.95. The minimum atomic E-state index is -1.53. The number of rotatable bonds is 52. The summed E-state index contributed by atoms with van der Waals surface area (Å²) in [5.74, 6) is -2.06. The van der Waals surface area contributed by atoms with Crippen molar-refractivity contribution in [2.75, 3.05) is 47.5 Å². The number of carbonyl (C=O) groups is 3. The van der Waals surface area contributed by atoms with Crippen LogP contribution in [-0.4, -0.2) is 87.4 Å². The summed E-state index contributed by atoms with van der Waals surface area (Å²) in [4.78, 5) is 37.4. The predicted molar refractivity (Wildman–Crippen MR) is 317 cm³/mol. The molecule has 0 rings (SSSR count). The zero-order valence-electron chi connectivity index (χ0n) is 48.2. The van der Waals surface area contributed by atoms with Gasteiger partial charge in [0.2, 0.25) is 0 Å². The molecule has 0 spiro atoms. The van der Waals surface area contributed by atoms with Crippen LogP contribution in [0.4, 0.5) is 0 Å². The molecule has 9 nitrogen and oxygen atoms in total. The predicted octanol–water partition coefficient (Wildman–Crippen LogP) is 17.5. The van der Waals surface area contributed by atoms with Crippen LogP contribution in [0.3, 0.4) is 0 Å². The maximum absolute atomic E-state index is 12.9. The van der Waals surface area contributed by atoms with Gasteiger partial charge in [0, 0.05) is 12.8 Å². The molecule has 0 fully saturated rings. The molecule has 0 saturated heterocycles. The Kier molecular flexibility index (Phi) is 52.3. The quantitative estimate of drug-likeness (QED) is 0.0211. The molecule has 2 unspecified atom stereocenters. The number of unbranched alkanes of at least 4 members (excludes halogenated alkanes) is 15. The average molecular weight is 1040 g/mol. The highest BCUT2D eigenvalue weighted by Crippen LogP contribution is 2.13. The summed E-state index contributed by atoms with van der Waals surface area (Å²) in [6.45, 7) is 4.68. The van der Waals surface area contributed by atoms with Gasteiger partial charge in [-0.1, -0.05) is 212 Å². The molecule has 9 heteroatoms. The van der Waals surface area contributed by atoms with E-state index >= 15 is 0 Å². The summed E-state index contributed by atoms with van der Waals surface area (Å²) in [5.41, 5.74) is 0. The van der Waals surface area contributed by atoms with E-state index in [1.807, 2.05) is 21.1 Å². The summed E-state index contributed by atoms with van der Waals surface area (Å²) < 4.78 is 22.8. The van der Waals surface area contributed by atoms with Crippen molar-refractivity contribution >= 4 is 17.9 Å². The number of allylic oxidation sites excluding steroid dienone is 22. The largest absolute Gasteiger partial charge is 0.477 e. The van der Waals surface area contributed by atoms with Crippen molar-refractivity contribution in [2.45, 2.75) is 219 Å². The molecule has 2 atom stereocenters. The number of likely N-dealkylation sites (N-methyl/N-ethyl adjacent to an activating group) is 1. The van der Waals surface area contributed by atoms with Gasteiger partial charge in [-0.05, 0) is 116 Å². The van der Waals surface area contributed by atoms with Crippen molar-refractivity contribution in [3.8, 4) is 0 Å². The topological polar surface area (TPSA) is 108 Å². The average Bonchev–Trinajstić information content (AvgIpc) is 3.38. The number of hydrogen-bond acceptors (Lipinski definition) is 7. The van der Waals surface area contributed by atoms with E-state index < -0.39 is 24.3 Å². The third-order valence-electron chi connectivity index (χ3n) is 11.9. The Labute approximate surface area is 459 Å². The van der Waals surface area contributed by atoms with Gasteiger partial charge in [0.25, 0.3) is 6.29 Å². The Balaban J connectivity index is 4.32. The first-order valence-electron chi connectivity index (χ1n) is 29.3. The van der Waals surface area contributed by atoms with Crippen LogP contribution in [0.2, 0.25) is 0 Å². The van der Waals surface area contributed by atoms with E-state index in [-0.39, 0.29) is 38.6 Å². The molecule has 424 valence electrons. The van der Waals surface area contributed by atoms with Crippen molar-refractivity contribution < 1.29 is 42.9 Å². The molecule has 0 aliphatic rings. The van der Waals surface area contributed by atoms with E-state index in [9.17, 15) is 19.5 Å². The highest BCUT2D eigenvalue weighted by Gasteiger charge is 2.25. The molecule has 0 saturated carbocycles. The minimum absolute atomic E-state index is 0.175. The van der Waals surface area contributed by atoms with Crippen LogP contribution >= 0.6 is 0 Å². The maximum Gasteiger partial charge on any atom is 0.361 e. The second kappa shape index (κ2) is 55.7. The summed E-state index contributed by atoms with van der Waals surface area (Å²) in [6, 6.07) is 0. The molecular formula is C66H108NO8+. The third-order valence-corrected chi connectivity index (χ3v) is 11.9. The second-order valence-electron chi connectivity index (χ2n) is 20.2. The molecule has 75 heavy (non-hydrogen) atoms. The van der Waals surface area contributed by atoms with E-state index in [0.29, 0.717) is 17.4 Å². The van der Waals surface area contributed by atoms with Gasteiger partial charge >= 0.3 is 17.9 Å². The number of nitrogens with zero attached hydrogens (tertiary/aromatic N) is 1. The summed E-state index contributed by atoms with van der Waals surface area (Å²) >= 11 is 0. The molecule has 0 radical (unpaired) electrons. The van der Waals surface area contributed by atoms with Crippen molar-refractivity contribution in [3.63, 3.8) is 0 Å². The van der Waals surface area contributed by atoms with E-state index in [1.54, 1.807) is 0 Å². The normalized spacial score (nSPS) is 13.8. The lowest BCUT2D eigenvalue weighted by Gasteiger charge is -2.25. The molecule has 1 N–H and O–H groups in total. The van der Waals surface area contributed by atoms with Crippen LogP contribution in [0.25, 0.3) is 0 Å². The number of esters is 2. The number of carboxylic acid groups (broad SMARTS) is 1. The zero-order chi connectivity index (χ0) is 54.8. The molecule has 0 aromatic carbocycles. The van der Waals surface area contributed by atoms with Gasteiger partial charge in [-0.15, -0.1) is 0 Å². The first kappa shape index (κ1) is 70.4. The molecule has 0 aliphatic carbocycles. The fourth-order valence-corrected chi connectivity index (χ4v) is 7.39. The molecule has 0 aromatic rings. The van der Waals surface area contributed by atoms with E-state index in [0.717, 1.165) is 128 Å². The minimum Gasteiger partial charge on any atom is -0.477 e. The third kappa shape index (κ3) is 57.0. The maximum atomic E-state index is 12.9. The van der Waals surface area contributed by atoms with Crippen LogP contribution in [0.5, 0.6) is 0 Å². The first-order valence-corrected chi connectivity index (χ1v) is 29.3. The standard InChI is InChI=1S/C66H107NO8/c1-6-8-10-12-14-16-18-20-22-24-25-26-27-28-29-30-31-32-33-34-35-36-37-38-39-41-43-45-47-49-51-53-55-57-64(69)75-62(61-74-66(65(70)71)72-59-58-67(3,4)5)60-73-63(68)56-54-52-50-48-46-44-42-40-23-21-19-17-15-13-11-9-7-2/h8,10,14-17,20-23,25-26,28-29,31-32,34-35,37-38,41,43,62,66H,6-7,9,11-13,18-19,24,27,30,33,36,39-40,42,44-61H2,1-5H3/p+1/b10-8-,16-14-,17-15-,22-20-,23-21-,26-25-,29-28-,32-31-,35-34-,38-37-,43-41-. The molecule has 0 heterocycles. The summed E-state index contributed by atoms with van der Waals surface area (Å²) in [6.07, 6.45) is 76.7. The molecule has 0 bridgehead atoms. The van der Waals surface area contributed by atoms with Crippen LogP contribution < -0.4 is 0 Å². The molecular weight excluding hydrogens is 935 g/mol. The number of carbonyl (C=O) groups excluding carboxylic acids is 2. The number of aliphatic carboxylic acids is 1. The van der Waals surface area contributed by atoms with E-state index in [4.69, 9.17) is 18.9 Å². The Bertz CT molecular complexity index is 1690. The Hall–Kier alpha value is -4.57. The molecule has 0 amide bonds. The first-order chi connectivity index (χ1) is 36.6. The SMILES string of the molecule is CC/C=C\C/C=C\C/C=C\C/C=C\C/C=C\C/C=C\C/C=C\C/C=C\C/C=C\CCCCCCCC(=O)OC(COC(=O)CCCCCCCCC/C=C\C/C=C\CCCCC)COC(OCC[N+](C)(C)C)C(=O)O. The van der Waals surface area contributed by atoms with Gasteiger partial charge in [-0.2, -0.15) is 0 Å². The lowest BCUT2D eigenvalue weighted by molar-refractivity contribution is -0.870. The van der Waals surface area contributed by atoms with Gasteiger partial charge in [-0.3, -0.25) is 9.59 Å². The van der Waals surface area contributed by atoms with Gasteiger partial charge in [0.05, 0.1) is 34.4 Å². The number of ether oxygens (including phenoxy) is 4. The Morgan fingerprint density at radius 2 is 0.760 bits per heavy atom.